The van der Waals surface area contributed by atoms with Crippen LogP contribution < -0.4 is 10.5 Å². The van der Waals surface area contributed by atoms with E-state index in [0.717, 1.165) is 15.8 Å². The summed E-state index contributed by atoms with van der Waals surface area (Å²) in [6.07, 6.45) is 0. The SMILES string of the molecule is COc1ccc(C(=O)c2cc(N)cc(Br)c2)c(C)c1. The van der Waals surface area contributed by atoms with Crippen LogP contribution in [-0.2, 0) is 0 Å². The lowest BCUT2D eigenvalue weighted by Crippen LogP contribution is -2.05. The molecule has 0 amide bonds. The predicted molar refractivity (Wildman–Crippen MR) is 79.7 cm³/mol. The van der Waals surface area contributed by atoms with E-state index in [1.54, 1.807) is 37.4 Å². The number of methoxy groups -OCH3 is 1. The molecule has 0 aliphatic heterocycles. The van der Waals surface area contributed by atoms with Crippen molar-refractivity contribution in [3.63, 3.8) is 0 Å². The molecule has 0 heterocycles. The average Bonchev–Trinajstić information content (AvgIpc) is 2.36. The number of rotatable bonds is 3. The summed E-state index contributed by atoms with van der Waals surface area (Å²) in [7, 11) is 1.60. The third-order valence-corrected chi connectivity index (χ3v) is 3.32. The Bertz CT molecular complexity index is 618. The summed E-state index contributed by atoms with van der Waals surface area (Å²) in [6, 6.07) is 10.6. The summed E-state index contributed by atoms with van der Waals surface area (Å²) in [6.45, 7) is 1.89. The number of carbonyl (C=O) groups excluding carboxylic acids is 1. The number of aryl methyl sites for hydroxylation is 1. The smallest absolute Gasteiger partial charge is 0.193 e. The molecule has 0 unspecified atom stereocenters. The van der Waals surface area contributed by atoms with Crippen molar-refractivity contribution in [2.24, 2.45) is 0 Å². The molecule has 3 nitrogen and oxygen atoms in total. The topological polar surface area (TPSA) is 52.3 Å². The highest BCUT2D eigenvalue weighted by molar-refractivity contribution is 9.10. The molecule has 0 spiro atoms. The predicted octanol–water partition coefficient (Wildman–Crippen LogP) is 3.58. The summed E-state index contributed by atoms with van der Waals surface area (Å²) in [5.74, 6) is 0.691. The molecule has 0 aromatic heterocycles. The molecule has 2 N–H and O–H groups in total. The quantitative estimate of drug-likeness (QED) is 0.695. The van der Waals surface area contributed by atoms with E-state index in [1.165, 1.54) is 0 Å². The van der Waals surface area contributed by atoms with E-state index in [9.17, 15) is 4.79 Å². The van der Waals surface area contributed by atoms with E-state index in [1.807, 2.05) is 13.0 Å². The Hall–Kier alpha value is -1.81. The van der Waals surface area contributed by atoms with Gasteiger partial charge in [-0.25, -0.2) is 0 Å². The molecule has 0 atom stereocenters. The van der Waals surface area contributed by atoms with E-state index in [2.05, 4.69) is 15.9 Å². The van der Waals surface area contributed by atoms with Gasteiger partial charge in [-0.2, -0.15) is 0 Å². The van der Waals surface area contributed by atoms with Gasteiger partial charge in [0.1, 0.15) is 5.75 Å². The molecule has 0 aliphatic rings. The number of anilines is 1. The van der Waals surface area contributed by atoms with Gasteiger partial charge in [0.15, 0.2) is 5.78 Å². The second-order valence-electron chi connectivity index (χ2n) is 4.28. The van der Waals surface area contributed by atoms with Gasteiger partial charge >= 0.3 is 0 Å². The highest BCUT2D eigenvalue weighted by Crippen LogP contribution is 2.23. The summed E-state index contributed by atoms with van der Waals surface area (Å²) in [4.78, 5) is 12.5. The highest BCUT2D eigenvalue weighted by atomic mass is 79.9. The third-order valence-electron chi connectivity index (χ3n) is 2.86. The minimum absolute atomic E-state index is 0.0480. The van der Waals surface area contributed by atoms with Crippen LogP contribution in [0.15, 0.2) is 40.9 Å². The number of ketones is 1. The molecular weight excluding hydrogens is 306 g/mol. The Labute approximate surface area is 120 Å². The zero-order valence-corrected chi connectivity index (χ0v) is 12.3. The largest absolute Gasteiger partial charge is 0.497 e. The Balaban J connectivity index is 2.44. The monoisotopic (exact) mass is 319 g/mol. The number of nitrogens with two attached hydrogens (primary N) is 1. The van der Waals surface area contributed by atoms with Crippen molar-refractivity contribution in [3.05, 3.63) is 57.6 Å². The Kier molecular flexibility index (Phi) is 3.90. The first-order chi connectivity index (χ1) is 9.01. The molecule has 2 aromatic carbocycles. The number of carbonyl (C=O) groups is 1. The number of hydrogen-bond acceptors (Lipinski definition) is 3. The average molecular weight is 320 g/mol. The van der Waals surface area contributed by atoms with E-state index < -0.39 is 0 Å². The normalized spacial score (nSPS) is 10.3. The first-order valence-corrected chi connectivity index (χ1v) is 6.56. The maximum absolute atomic E-state index is 12.5. The number of halogens is 1. The van der Waals surface area contributed by atoms with Crippen molar-refractivity contribution in [3.8, 4) is 5.75 Å². The first-order valence-electron chi connectivity index (χ1n) is 5.76. The summed E-state index contributed by atoms with van der Waals surface area (Å²) in [5, 5.41) is 0. The van der Waals surface area contributed by atoms with Crippen LogP contribution in [0.5, 0.6) is 5.75 Å². The fourth-order valence-electron chi connectivity index (χ4n) is 1.92. The van der Waals surface area contributed by atoms with Crippen molar-refractivity contribution in [2.75, 3.05) is 12.8 Å². The molecule has 0 saturated heterocycles. The van der Waals surface area contributed by atoms with Gasteiger partial charge in [0.2, 0.25) is 0 Å². The van der Waals surface area contributed by atoms with Gasteiger partial charge in [0, 0.05) is 21.3 Å². The van der Waals surface area contributed by atoms with Crippen LogP contribution in [0, 0.1) is 6.92 Å². The molecule has 0 bridgehead atoms. The van der Waals surface area contributed by atoms with Gasteiger partial charge in [0.05, 0.1) is 7.11 Å². The van der Waals surface area contributed by atoms with E-state index in [0.29, 0.717) is 16.8 Å². The second-order valence-corrected chi connectivity index (χ2v) is 5.20. The molecule has 0 radical (unpaired) electrons. The zero-order chi connectivity index (χ0) is 14.0. The molecule has 0 aliphatic carbocycles. The molecule has 0 fully saturated rings. The van der Waals surface area contributed by atoms with Crippen LogP contribution >= 0.6 is 15.9 Å². The molecule has 2 rings (SSSR count). The summed E-state index contributed by atoms with van der Waals surface area (Å²) < 4.78 is 5.93. The van der Waals surface area contributed by atoms with Crippen LogP contribution in [0.25, 0.3) is 0 Å². The van der Waals surface area contributed by atoms with Gasteiger partial charge in [-0.05, 0) is 48.9 Å². The fraction of sp³-hybridized carbons (Fsp3) is 0.133. The van der Waals surface area contributed by atoms with Crippen molar-refractivity contribution < 1.29 is 9.53 Å². The molecule has 98 valence electrons. The summed E-state index contributed by atoms with van der Waals surface area (Å²) in [5.41, 5.74) is 8.41. The molecule has 2 aromatic rings. The molecule has 19 heavy (non-hydrogen) atoms. The van der Waals surface area contributed by atoms with Crippen molar-refractivity contribution in [1.29, 1.82) is 0 Å². The van der Waals surface area contributed by atoms with Crippen LogP contribution in [0.3, 0.4) is 0 Å². The maximum Gasteiger partial charge on any atom is 0.193 e. The first kappa shape index (κ1) is 13.6. The molecular formula is C15H14BrNO2. The fourth-order valence-corrected chi connectivity index (χ4v) is 2.43. The number of nitrogen functional groups attached to an aromatic ring is 1. The van der Waals surface area contributed by atoms with Gasteiger partial charge in [0.25, 0.3) is 0 Å². The minimum atomic E-state index is -0.0480. The Morgan fingerprint density at radius 1 is 1.21 bits per heavy atom. The molecule has 4 heteroatoms. The minimum Gasteiger partial charge on any atom is -0.497 e. The number of ether oxygens (including phenoxy) is 1. The van der Waals surface area contributed by atoms with E-state index >= 15 is 0 Å². The standard InChI is InChI=1S/C15H14BrNO2/c1-9-5-13(19-2)3-4-14(9)15(18)10-6-11(16)8-12(17)7-10/h3-8H,17H2,1-2H3. The van der Waals surface area contributed by atoms with Crippen molar-refractivity contribution in [1.82, 2.24) is 0 Å². The van der Waals surface area contributed by atoms with Crippen LogP contribution in [0.2, 0.25) is 0 Å². The number of hydrogen-bond donors (Lipinski definition) is 1. The lowest BCUT2D eigenvalue weighted by Gasteiger charge is -2.08. The lowest BCUT2D eigenvalue weighted by atomic mass is 9.98. The third kappa shape index (κ3) is 2.96. The van der Waals surface area contributed by atoms with Crippen LogP contribution in [0.1, 0.15) is 21.5 Å². The van der Waals surface area contributed by atoms with Crippen molar-refractivity contribution in [2.45, 2.75) is 6.92 Å². The van der Waals surface area contributed by atoms with Gasteiger partial charge in [-0.1, -0.05) is 15.9 Å². The van der Waals surface area contributed by atoms with E-state index in [-0.39, 0.29) is 5.78 Å². The van der Waals surface area contributed by atoms with Crippen molar-refractivity contribution >= 4 is 27.4 Å². The van der Waals surface area contributed by atoms with Gasteiger partial charge < -0.3 is 10.5 Å². The summed E-state index contributed by atoms with van der Waals surface area (Å²) >= 11 is 3.34. The number of benzene rings is 2. The van der Waals surface area contributed by atoms with Gasteiger partial charge in [-0.15, -0.1) is 0 Å². The Morgan fingerprint density at radius 2 is 1.95 bits per heavy atom. The zero-order valence-electron chi connectivity index (χ0n) is 10.7. The Morgan fingerprint density at radius 3 is 2.53 bits per heavy atom. The highest BCUT2D eigenvalue weighted by Gasteiger charge is 2.13. The van der Waals surface area contributed by atoms with Gasteiger partial charge in [-0.3, -0.25) is 4.79 Å². The maximum atomic E-state index is 12.5. The van der Waals surface area contributed by atoms with Crippen LogP contribution in [-0.4, -0.2) is 12.9 Å². The lowest BCUT2D eigenvalue weighted by molar-refractivity contribution is 0.103. The van der Waals surface area contributed by atoms with E-state index in [4.69, 9.17) is 10.5 Å². The molecule has 0 saturated carbocycles. The van der Waals surface area contributed by atoms with Crippen LogP contribution in [0.4, 0.5) is 5.69 Å². The second kappa shape index (κ2) is 5.45.